The van der Waals surface area contributed by atoms with E-state index in [4.69, 9.17) is 14.3 Å². The van der Waals surface area contributed by atoms with Crippen molar-refractivity contribution in [2.75, 3.05) is 18.5 Å². The number of benzene rings is 2. The van der Waals surface area contributed by atoms with Crippen molar-refractivity contribution in [1.82, 2.24) is 10.3 Å². The van der Waals surface area contributed by atoms with E-state index < -0.39 is 6.09 Å². The summed E-state index contributed by atoms with van der Waals surface area (Å²) in [7, 11) is 0. The normalized spacial score (nSPS) is 12.0. The first-order valence-electron chi connectivity index (χ1n) is 8.99. The predicted molar refractivity (Wildman–Crippen MR) is 108 cm³/mol. The average molecular weight is 399 g/mol. The Balaban J connectivity index is 1.69. The fraction of sp³-hybridized carbons (Fsp3) is 0.238. The molecule has 0 fully saturated rings. The van der Waals surface area contributed by atoms with E-state index in [9.17, 15) is 9.18 Å². The maximum atomic E-state index is 12.9. The van der Waals surface area contributed by atoms with E-state index in [-0.39, 0.29) is 24.3 Å². The lowest BCUT2D eigenvalue weighted by molar-refractivity contribution is 0.195. The zero-order chi connectivity index (χ0) is 20.9. The van der Waals surface area contributed by atoms with E-state index in [1.807, 2.05) is 44.2 Å². The van der Waals surface area contributed by atoms with Gasteiger partial charge in [0.25, 0.3) is 6.01 Å². The lowest BCUT2D eigenvalue weighted by Crippen LogP contribution is -2.27. The molecule has 7 nitrogen and oxygen atoms in total. The van der Waals surface area contributed by atoms with Gasteiger partial charge in [-0.15, -0.1) is 0 Å². The fourth-order valence-electron chi connectivity index (χ4n) is 2.73. The summed E-state index contributed by atoms with van der Waals surface area (Å²) >= 11 is 0. The Bertz CT molecular complexity index is 1020. The van der Waals surface area contributed by atoms with Gasteiger partial charge < -0.3 is 24.9 Å². The third kappa shape index (κ3) is 5.25. The van der Waals surface area contributed by atoms with Crippen LogP contribution in [0.4, 0.5) is 15.2 Å². The van der Waals surface area contributed by atoms with Gasteiger partial charge in [-0.25, -0.2) is 9.18 Å². The lowest BCUT2D eigenvalue weighted by Gasteiger charge is -2.25. The fourth-order valence-corrected chi connectivity index (χ4v) is 2.73. The summed E-state index contributed by atoms with van der Waals surface area (Å²) in [4.78, 5) is 15.0. The molecule has 0 unspecified atom stereocenters. The molecule has 3 rings (SSSR count). The zero-order valence-electron chi connectivity index (χ0n) is 16.1. The van der Waals surface area contributed by atoms with E-state index in [1.54, 1.807) is 18.2 Å². The summed E-state index contributed by atoms with van der Waals surface area (Å²) in [6, 6.07) is 15.4. The van der Waals surface area contributed by atoms with Crippen molar-refractivity contribution in [1.29, 1.82) is 0 Å². The maximum absolute atomic E-state index is 12.9. The summed E-state index contributed by atoms with van der Waals surface area (Å²) in [5.41, 5.74) is 2.03. The van der Waals surface area contributed by atoms with Gasteiger partial charge in [-0.2, -0.15) is 4.98 Å². The van der Waals surface area contributed by atoms with Crippen LogP contribution in [0.25, 0.3) is 11.1 Å². The van der Waals surface area contributed by atoms with Gasteiger partial charge in [0.15, 0.2) is 5.58 Å². The number of halogens is 1. The van der Waals surface area contributed by atoms with E-state index in [1.165, 1.54) is 0 Å². The van der Waals surface area contributed by atoms with Crippen LogP contribution < -0.4 is 15.4 Å². The molecule has 0 aliphatic heterocycles. The van der Waals surface area contributed by atoms with Crippen LogP contribution >= 0.6 is 0 Å². The Morgan fingerprint density at radius 3 is 2.72 bits per heavy atom. The highest BCUT2D eigenvalue weighted by molar-refractivity contribution is 5.76. The summed E-state index contributed by atoms with van der Waals surface area (Å²) in [5, 5.41) is 14.0. The SMILES string of the molecule is CC(C)(Nc1nc2ccc(OC/C(=C/F)CNC(=O)O)cc2o1)c1ccccc1. The van der Waals surface area contributed by atoms with Crippen molar-refractivity contribution in [2.24, 2.45) is 0 Å². The number of carbonyl (C=O) groups is 1. The largest absolute Gasteiger partial charge is 0.489 e. The molecule has 0 spiro atoms. The van der Waals surface area contributed by atoms with E-state index in [0.717, 1.165) is 5.56 Å². The highest BCUT2D eigenvalue weighted by Crippen LogP contribution is 2.29. The quantitative estimate of drug-likeness (QED) is 0.509. The van der Waals surface area contributed by atoms with Crippen LogP contribution in [0.3, 0.4) is 0 Å². The van der Waals surface area contributed by atoms with Crippen molar-refractivity contribution in [3.05, 3.63) is 66.0 Å². The molecule has 0 saturated carbocycles. The summed E-state index contributed by atoms with van der Waals surface area (Å²) in [6.45, 7) is 3.81. The summed E-state index contributed by atoms with van der Waals surface area (Å²) in [6.07, 6.45) is -0.901. The van der Waals surface area contributed by atoms with Crippen LogP contribution in [0.2, 0.25) is 0 Å². The number of ether oxygens (including phenoxy) is 1. The number of anilines is 1. The molecule has 0 aliphatic carbocycles. The Morgan fingerprint density at radius 2 is 2.03 bits per heavy atom. The van der Waals surface area contributed by atoms with Gasteiger partial charge in [-0.1, -0.05) is 30.3 Å². The Morgan fingerprint density at radius 1 is 1.28 bits per heavy atom. The minimum Gasteiger partial charge on any atom is -0.489 e. The van der Waals surface area contributed by atoms with Crippen LogP contribution in [0.1, 0.15) is 19.4 Å². The third-order valence-electron chi connectivity index (χ3n) is 4.32. The van der Waals surface area contributed by atoms with E-state index >= 15 is 0 Å². The molecule has 0 saturated heterocycles. The third-order valence-corrected chi connectivity index (χ3v) is 4.32. The first-order valence-corrected chi connectivity index (χ1v) is 8.99. The van der Waals surface area contributed by atoms with Gasteiger partial charge in [-0.3, -0.25) is 0 Å². The Labute approximate surface area is 167 Å². The number of hydrogen-bond acceptors (Lipinski definition) is 5. The molecule has 3 aromatic rings. The number of fused-ring (bicyclic) bond motifs is 1. The smallest absolute Gasteiger partial charge is 0.404 e. The molecule has 1 aromatic heterocycles. The highest BCUT2D eigenvalue weighted by Gasteiger charge is 2.22. The number of amides is 1. The molecule has 2 aromatic carbocycles. The van der Waals surface area contributed by atoms with Crippen molar-refractivity contribution in [3.63, 3.8) is 0 Å². The van der Waals surface area contributed by atoms with Crippen LogP contribution in [0.5, 0.6) is 5.75 Å². The van der Waals surface area contributed by atoms with Crippen LogP contribution in [-0.2, 0) is 5.54 Å². The predicted octanol–water partition coefficient (Wildman–Crippen LogP) is 4.67. The molecule has 0 atom stereocenters. The monoisotopic (exact) mass is 399 g/mol. The molecule has 1 amide bonds. The summed E-state index contributed by atoms with van der Waals surface area (Å²) in [5.74, 6) is 0.456. The Kier molecular flexibility index (Phi) is 6.01. The van der Waals surface area contributed by atoms with Crippen molar-refractivity contribution in [3.8, 4) is 5.75 Å². The molecule has 8 heteroatoms. The molecule has 0 bridgehead atoms. The highest BCUT2D eigenvalue weighted by atomic mass is 19.1. The molecule has 1 heterocycles. The number of nitrogens with one attached hydrogen (secondary N) is 2. The van der Waals surface area contributed by atoms with E-state index in [2.05, 4.69) is 15.6 Å². The number of aromatic nitrogens is 1. The average Bonchev–Trinajstić information content (AvgIpc) is 3.09. The van der Waals surface area contributed by atoms with Gasteiger partial charge in [0.1, 0.15) is 17.9 Å². The van der Waals surface area contributed by atoms with Gasteiger partial charge in [0.2, 0.25) is 0 Å². The molecule has 152 valence electrons. The van der Waals surface area contributed by atoms with Gasteiger partial charge in [0, 0.05) is 18.2 Å². The Hall–Kier alpha value is -3.55. The lowest BCUT2D eigenvalue weighted by atomic mass is 9.95. The van der Waals surface area contributed by atoms with Crippen molar-refractivity contribution in [2.45, 2.75) is 19.4 Å². The molecule has 3 N–H and O–H groups in total. The molecular weight excluding hydrogens is 377 g/mol. The number of hydrogen-bond donors (Lipinski definition) is 3. The van der Waals surface area contributed by atoms with Crippen molar-refractivity contribution < 1.29 is 23.4 Å². The second-order valence-corrected chi connectivity index (χ2v) is 6.98. The van der Waals surface area contributed by atoms with E-state index in [0.29, 0.717) is 29.2 Å². The number of nitrogens with zero attached hydrogens (tertiary/aromatic N) is 1. The van der Waals surface area contributed by atoms with Crippen LogP contribution in [-0.4, -0.2) is 29.3 Å². The minimum atomic E-state index is -1.23. The van der Waals surface area contributed by atoms with Crippen LogP contribution in [0.15, 0.2) is 64.9 Å². The maximum Gasteiger partial charge on any atom is 0.404 e. The second kappa shape index (κ2) is 8.64. The minimum absolute atomic E-state index is 0.0947. The second-order valence-electron chi connectivity index (χ2n) is 6.98. The zero-order valence-corrected chi connectivity index (χ0v) is 16.1. The van der Waals surface area contributed by atoms with Crippen molar-refractivity contribution >= 4 is 23.2 Å². The van der Waals surface area contributed by atoms with Gasteiger partial charge in [-0.05, 0) is 31.5 Å². The number of oxazole rings is 1. The number of rotatable bonds is 8. The molecule has 29 heavy (non-hydrogen) atoms. The molecule has 0 aliphatic rings. The topological polar surface area (TPSA) is 96.6 Å². The summed E-state index contributed by atoms with van der Waals surface area (Å²) < 4.78 is 24.2. The molecule has 0 radical (unpaired) electrons. The van der Waals surface area contributed by atoms with Gasteiger partial charge in [0.05, 0.1) is 11.9 Å². The first-order chi connectivity index (χ1) is 13.9. The molecular formula is C21H22FN3O4. The van der Waals surface area contributed by atoms with Crippen LogP contribution in [0, 0.1) is 0 Å². The number of carboxylic acid groups (broad SMARTS) is 1. The standard InChI is InChI=1S/C21H22FN3O4/c1-21(2,15-6-4-3-5-7-15)25-19-24-17-9-8-16(10-18(17)29-19)28-13-14(11-22)12-23-20(26)27/h3-11,23H,12-13H2,1-2H3,(H,24,25)(H,26,27)/b14-11+. The van der Waals surface area contributed by atoms with Gasteiger partial charge >= 0.3 is 6.09 Å². The first kappa shape index (κ1) is 20.2.